The van der Waals surface area contributed by atoms with Gasteiger partial charge >= 0.3 is 5.97 Å². The van der Waals surface area contributed by atoms with Crippen LogP contribution in [-0.4, -0.2) is 23.7 Å². The maximum absolute atomic E-state index is 11.0. The molecular formula is C11H11Cl2NO2. The van der Waals surface area contributed by atoms with Crippen molar-refractivity contribution >= 4 is 29.2 Å². The zero-order chi connectivity index (χ0) is 11.7. The minimum atomic E-state index is -0.849. The largest absolute Gasteiger partial charge is 0.480 e. The maximum atomic E-state index is 11.0. The lowest BCUT2D eigenvalue weighted by molar-refractivity contribution is -0.139. The Kier molecular flexibility index (Phi) is 3.38. The fourth-order valence-electron chi connectivity index (χ4n) is 2.10. The number of nitrogens with one attached hydrogen (secondary N) is 1. The summed E-state index contributed by atoms with van der Waals surface area (Å²) in [5.74, 6) is -0.956. The number of hydrogen-bond donors (Lipinski definition) is 2. The van der Waals surface area contributed by atoms with Crippen molar-refractivity contribution in [3.8, 4) is 0 Å². The Morgan fingerprint density at radius 3 is 2.88 bits per heavy atom. The second kappa shape index (κ2) is 4.62. The third kappa shape index (κ3) is 2.17. The van der Waals surface area contributed by atoms with Crippen molar-refractivity contribution in [2.75, 3.05) is 6.54 Å². The number of halogens is 2. The monoisotopic (exact) mass is 259 g/mol. The molecular weight excluding hydrogens is 249 g/mol. The highest BCUT2D eigenvalue weighted by atomic mass is 35.5. The SMILES string of the molecule is O=C(O)C1NCCC1c1cc(Cl)ccc1Cl. The molecule has 0 aliphatic carbocycles. The van der Waals surface area contributed by atoms with Gasteiger partial charge in [0.15, 0.2) is 0 Å². The number of carbonyl (C=O) groups is 1. The van der Waals surface area contributed by atoms with Gasteiger partial charge in [0.2, 0.25) is 0 Å². The van der Waals surface area contributed by atoms with Crippen molar-refractivity contribution < 1.29 is 9.90 Å². The number of rotatable bonds is 2. The third-order valence-electron chi connectivity index (χ3n) is 2.85. The van der Waals surface area contributed by atoms with E-state index < -0.39 is 12.0 Å². The van der Waals surface area contributed by atoms with Gasteiger partial charge in [-0.05, 0) is 36.7 Å². The Morgan fingerprint density at radius 2 is 2.19 bits per heavy atom. The molecule has 1 saturated heterocycles. The minimum Gasteiger partial charge on any atom is -0.480 e. The van der Waals surface area contributed by atoms with Gasteiger partial charge in [0.25, 0.3) is 0 Å². The van der Waals surface area contributed by atoms with E-state index in [1.54, 1.807) is 18.2 Å². The van der Waals surface area contributed by atoms with Crippen LogP contribution in [0.4, 0.5) is 0 Å². The molecule has 1 aromatic carbocycles. The maximum Gasteiger partial charge on any atom is 0.321 e. The molecule has 0 saturated carbocycles. The zero-order valence-corrected chi connectivity index (χ0v) is 9.92. The molecule has 0 aromatic heterocycles. The first-order valence-electron chi connectivity index (χ1n) is 5.00. The Morgan fingerprint density at radius 1 is 1.44 bits per heavy atom. The molecule has 2 N–H and O–H groups in total. The summed E-state index contributed by atoms with van der Waals surface area (Å²) in [5.41, 5.74) is 0.812. The Labute approximate surface area is 103 Å². The van der Waals surface area contributed by atoms with Gasteiger partial charge in [0, 0.05) is 16.0 Å². The van der Waals surface area contributed by atoms with Crippen molar-refractivity contribution in [1.82, 2.24) is 5.32 Å². The number of benzene rings is 1. The zero-order valence-electron chi connectivity index (χ0n) is 8.41. The molecule has 0 bridgehead atoms. The quantitative estimate of drug-likeness (QED) is 0.859. The van der Waals surface area contributed by atoms with Crippen LogP contribution >= 0.6 is 23.2 Å². The predicted octanol–water partition coefficient (Wildman–Crippen LogP) is 2.52. The summed E-state index contributed by atoms with van der Waals surface area (Å²) in [6, 6.07) is 4.58. The van der Waals surface area contributed by atoms with Gasteiger partial charge in [-0.25, -0.2) is 0 Å². The molecule has 0 radical (unpaired) electrons. The van der Waals surface area contributed by atoms with Crippen LogP contribution < -0.4 is 5.32 Å². The summed E-state index contributed by atoms with van der Waals surface area (Å²) in [5, 5.41) is 13.2. The smallest absolute Gasteiger partial charge is 0.321 e. The van der Waals surface area contributed by atoms with E-state index in [1.165, 1.54) is 0 Å². The van der Waals surface area contributed by atoms with Crippen LogP contribution in [0.25, 0.3) is 0 Å². The molecule has 2 rings (SSSR count). The molecule has 0 amide bonds. The second-order valence-corrected chi connectivity index (χ2v) is 4.67. The van der Waals surface area contributed by atoms with Gasteiger partial charge in [-0.15, -0.1) is 0 Å². The van der Waals surface area contributed by atoms with E-state index in [0.717, 1.165) is 12.0 Å². The molecule has 2 atom stereocenters. The van der Waals surface area contributed by atoms with Crippen LogP contribution in [0.15, 0.2) is 18.2 Å². The molecule has 16 heavy (non-hydrogen) atoms. The van der Waals surface area contributed by atoms with Gasteiger partial charge in [0.05, 0.1) is 0 Å². The van der Waals surface area contributed by atoms with Crippen molar-refractivity contribution in [2.45, 2.75) is 18.4 Å². The Hall–Kier alpha value is -0.770. The van der Waals surface area contributed by atoms with Crippen LogP contribution in [0.5, 0.6) is 0 Å². The topological polar surface area (TPSA) is 49.3 Å². The number of hydrogen-bond acceptors (Lipinski definition) is 2. The van der Waals surface area contributed by atoms with Gasteiger partial charge in [0.1, 0.15) is 6.04 Å². The highest BCUT2D eigenvalue weighted by Crippen LogP contribution is 2.34. The molecule has 2 unspecified atom stereocenters. The van der Waals surface area contributed by atoms with Gasteiger partial charge in [-0.3, -0.25) is 4.79 Å². The lowest BCUT2D eigenvalue weighted by Crippen LogP contribution is -2.34. The molecule has 3 nitrogen and oxygen atoms in total. The van der Waals surface area contributed by atoms with Crippen molar-refractivity contribution in [2.24, 2.45) is 0 Å². The highest BCUT2D eigenvalue weighted by Gasteiger charge is 2.34. The van der Waals surface area contributed by atoms with E-state index in [9.17, 15) is 4.79 Å². The molecule has 1 heterocycles. The van der Waals surface area contributed by atoms with Gasteiger partial charge < -0.3 is 10.4 Å². The first-order chi connectivity index (χ1) is 7.59. The number of carboxylic acids is 1. The van der Waals surface area contributed by atoms with Crippen LogP contribution in [0.2, 0.25) is 10.0 Å². The van der Waals surface area contributed by atoms with Crippen LogP contribution in [0.3, 0.4) is 0 Å². The molecule has 1 aliphatic heterocycles. The predicted molar refractivity (Wildman–Crippen MR) is 63.2 cm³/mol. The fourth-order valence-corrected chi connectivity index (χ4v) is 2.53. The molecule has 86 valence electrons. The van der Waals surface area contributed by atoms with E-state index in [2.05, 4.69) is 5.32 Å². The van der Waals surface area contributed by atoms with Crippen LogP contribution in [0, 0.1) is 0 Å². The summed E-state index contributed by atoms with van der Waals surface area (Å²) in [6.45, 7) is 0.685. The summed E-state index contributed by atoms with van der Waals surface area (Å²) >= 11 is 12.0. The Bertz CT molecular complexity index is 422. The lowest BCUT2D eigenvalue weighted by Gasteiger charge is -2.17. The normalized spacial score (nSPS) is 24.6. The standard InChI is InChI=1S/C11H11Cl2NO2/c12-6-1-2-9(13)8(5-6)7-3-4-14-10(7)11(15)16/h1-2,5,7,10,14H,3-4H2,(H,15,16). The highest BCUT2D eigenvalue weighted by molar-refractivity contribution is 6.33. The first-order valence-corrected chi connectivity index (χ1v) is 5.76. The van der Waals surface area contributed by atoms with Crippen molar-refractivity contribution in [3.63, 3.8) is 0 Å². The molecule has 1 aromatic rings. The third-order valence-corrected chi connectivity index (χ3v) is 3.42. The number of carboxylic acid groups (broad SMARTS) is 1. The molecule has 1 aliphatic rings. The van der Waals surface area contributed by atoms with Gasteiger partial charge in [-0.2, -0.15) is 0 Å². The van der Waals surface area contributed by atoms with E-state index in [1.807, 2.05) is 0 Å². The van der Waals surface area contributed by atoms with Gasteiger partial charge in [-0.1, -0.05) is 23.2 Å². The number of aliphatic carboxylic acids is 1. The lowest BCUT2D eigenvalue weighted by atomic mass is 9.92. The van der Waals surface area contributed by atoms with Crippen molar-refractivity contribution in [3.05, 3.63) is 33.8 Å². The second-order valence-electron chi connectivity index (χ2n) is 3.83. The molecule has 1 fully saturated rings. The van der Waals surface area contributed by atoms with E-state index in [0.29, 0.717) is 16.6 Å². The van der Waals surface area contributed by atoms with E-state index in [4.69, 9.17) is 28.3 Å². The summed E-state index contributed by atoms with van der Waals surface area (Å²) in [6.07, 6.45) is 0.761. The summed E-state index contributed by atoms with van der Waals surface area (Å²) < 4.78 is 0. The molecule has 0 spiro atoms. The van der Waals surface area contributed by atoms with E-state index >= 15 is 0 Å². The minimum absolute atomic E-state index is 0.108. The average molecular weight is 260 g/mol. The summed E-state index contributed by atoms with van der Waals surface area (Å²) in [4.78, 5) is 11.0. The first kappa shape index (κ1) is 11.7. The van der Waals surface area contributed by atoms with Crippen LogP contribution in [0.1, 0.15) is 17.9 Å². The summed E-state index contributed by atoms with van der Waals surface area (Å²) in [7, 11) is 0. The fraction of sp³-hybridized carbons (Fsp3) is 0.364. The average Bonchev–Trinajstić information content (AvgIpc) is 2.70. The Balaban J connectivity index is 2.35. The molecule has 5 heteroatoms. The van der Waals surface area contributed by atoms with Crippen molar-refractivity contribution in [1.29, 1.82) is 0 Å². The van der Waals surface area contributed by atoms with Crippen LogP contribution in [-0.2, 0) is 4.79 Å². The van der Waals surface area contributed by atoms with E-state index in [-0.39, 0.29) is 5.92 Å².